The number of hydrogen-bond donors (Lipinski definition) is 2. The fourth-order valence-corrected chi connectivity index (χ4v) is 2.83. The Kier molecular flexibility index (Phi) is 6.61. The summed E-state index contributed by atoms with van der Waals surface area (Å²) < 4.78 is 10.8. The maximum atomic E-state index is 12.5. The summed E-state index contributed by atoms with van der Waals surface area (Å²) in [6.45, 7) is 5.31. The molecule has 0 atom stereocenters. The molecule has 1 aromatic heterocycles. The second-order valence-electron chi connectivity index (χ2n) is 6.63. The number of halogens is 1. The number of carboxylic acid groups (broad SMARTS) is 1. The van der Waals surface area contributed by atoms with Crippen molar-refractivity contribution in [3.63, 3.8) is 0 Å². The molecule has 1 aliphatic rings. The zero-order chi connectivity index (χ0) is 18.4. The van der Waals surface area contributed by atoms with E-state index in [0.717, 1.165) is 0 Å². The van der Waals surface area contributed by atoms with Gasteiger partial charge in [-0.05, 0) is 24.8 Å². The van der Waals surface area contributed by atoms with E-state index in [0.29, 0.717) is 38.6 Å². The topological polar surface area (TPSA) is 97.8 Å². The molecule has 7 nitrogen and oxygen atoms in total. The predicted octanol–water partition coefficient (Wildman–Crippen LogP) is 2.52. The smallest absolute Gasteiger partial charge is 0.305 e. The van der Waals surface area contributed by atoms with Crippen LogP contribution in [0.2, 0.25) is 5.02 Å². The molecular formula is C17H23ClN2O5. The number of carbonyl (C=O) groups is 2. The van der Waals surface area contributed by atoms with Crippen molar-refractivity contribution in [1.29, 1.82) is 0 Å². The van der Waals surface area contributed by atoms with E-state index in [2.05, 4.69) is 10.3 Å². The number of aromatic nitrogens is 1. The number of carboxylic acids is 1. The average Bonchev–Trinajstić information content (AvgIpc) is 2.53. The summed E-state index contributed by atoms with van der Waals surface area (Å²) in [5, 5.41) is 12.2. The molecule has 0 spiro atoms. The van der Waals surface area contributed by atoms with E-state index < -0.39 is 17.4 Å². The van der Waals surface area contributed by atoms with Crippen LogP contribution >= 0.6 is 11.6 Å². The molecule has 8 heteroatoms. The Morgan fingerprint density at radius 1 is 1.44 bits per heavy atom. The Balaban J connectivity index is 2.10. The van der Waals surface area contributed by atoms with Crippen LogP contribution in [0.4, 0.5) is 0 Å². The minimum absolute atomic E-state index is 0.154. The number of aliphatic carboxylic acids is 1. The minimum Gasteiger partial charge on any atom is -0.481 e. The predicted molar refractivity (Wildman–Crippen MR) is 92.1 cm³/mol. The van der Waals surface area contributed by atoms with Crippen LogP contribution in [0.1, 0.15) is 43.5 Å². The van der Waals surface area contributed by atoms with Gasteiger partial charge in [0.15, 0.2) is 0 Å². The third-order valence-corrected chi connectivity index (χ3v) is 4.21. The molecule has 1 aliphatic heterocycles. The standard InChI is InChI=1S/C17H23ClN2O5/c1-11(2)10-25-16-13(18)7-12(9-19-16)15(23)20-17(8-14(21)22)3-5-24-6-4-17/h7,9,11H,3-6,8,10H2,1-2H3,(H,20,23)(H,21,22). The largest absolute Gasteiger partial charge is 0.481 e. The average molecular weight is 371 g/mol. The highest BCUT2D eigenvalue weighted by Crippen LogP contribution is 2.27. The van der Waals surface area contributed by atoms with Crippen LogP contribution in [0, 0.1) is 5.92 Å². The summed E-state index contributed by atoms with van der Waals surface area (Å²) in [4.78, 5) is 27.8. The van der Waals surface area contributed by atoms with Crippen molar-refractivity contribution in [2.45, 2.75) is 38.6 Å². The van der Waals surface area contributed by atoms with Crippen LogP contribution in [-0.4, -0.2) is 47.3 Å². The lowest BCUT2D eigenvalue weighted by Gasteiger charge is -2.36. The zero-order valence-electron chi connectivity index (χ0n) is 14.4. The van der Waals surface area contributed by atoms with E-state index >= 15 is 0 Å². The SMILES string of the molecule is CC(C)COc1ncc(C(=O)NC2(CC(=O)O)CCOCC2)cc1Cl. The van der Waals surface area contributed by atoms with Crippen molar-refractivity contribution < 1.29 is 24.2 Å². The molecule has 0 unspecified atom stereocenters. The van der Waals surface area contributed by atoms with Gasteiger partial charge < -0.3 is 19.9 Å². The third-order valence-electron chi connectivity index (χ3n) is 3.94. The first-order chi connectivity index (χ1) is 11.8. The Morgan fingerprint density at radius 2 is 2.12 bits per heavy atom. The molecule has 1 saturated heterocycles. The number of rotatable bonds is 7. The fraction of sp³-hybridized carbons (Fsp3) is 0.588. The lowest BCUT2D eigenvalue weighted by molar-refractivity contribution is -0.139. The molecule has 0 aromatic carbocycles. The fourth-order valence-electron chi connectivity index (χ4n) is 2.61. The quantitative estimate of drug-likeness (QED) is 0.765. The highest BCUT2D eigenvalue weighted by atomic mass is 35.5. The van der Waals surface area contributed by atoms with Crippen LogP contribution in [0.5, 0.6) is 5.88 Å². The first kappa shape index (κ1) is 19.5. The van der Waals surface area contributed by atoms with Gasteiger partial charge in [-0.25, -0.2) is 4.98 Å². The number of ether oxygens (including phenoxy) is 2. The van der Waals surface area contributed by atoms with Gasteiger partial charge in [-0.15, -0.1) is 0 Å². The van der Waals surface area contributed by atoms with Gasteiger partial charge in [-0.1, -0.05) is 25.4 Å². The van der Waals surface area contributed by atoms with Crippen LogP contribution in [0.3, 0.4) is 0 Å². The second kappa shape index (κ2) is 8.49. The van der Waals surface area contributed by atoms with Gasteiger partial charge in [0, 0.05) is 19.4 Å². The number of pyridine rings is 1. The van der Waals surface area contributed by atoms with Gasteiger partial charge in [-0.2, -0.15) is 0 Å². The van der Waals surface area contributed by atoms with Crippen molar-refractivity contribution in [2.24, 2.45) is 5.92 Å². The lowest BCUT2D eigenvalue weighted by Crippen LogP contribution is -2.53. The molecule has 0 radical (unpaired) electrons. The number of amides is 1. The first-order valence-corrected chi connectivity index (χ1v) is 8.59. The Labute approximate surface area is 151 Å². The molecule has 1 aromatic rings. The summed E-state index contributed by atoms with van der Waals surface area (Å²) in [6, 6.07) is 1.48. The maximum Gasteiger partial charge on any atom is 0.305 e. The van der Waals surface area contributed by atoms with Gasteiger partial charge in [0.2, 0.25) is 5.88 Å². The van der Waals surface area contributed by atoms with Gasteiger partial charge in [0.1, 0.15) is 5.02 Å². The Bertz CT molecular complexity index is 629. The maximum absolute atomic E-state index is 12.5. The summed E-state index contributed by atoms with van der Waals surface area (Å²) in [6.07, 6.45) is 2.12. The van der Waals surface area contributed by atoms with Gasteiger partial charge >= 0.3 is 5.97 Å². The Hall–Kier alpha value is -1.86. The van der Waals surface area contributed by atoms with Crippen molar-refractivity contribution in [2.75, 3.05) is 19.8 Å². The van der Waals surface area contributed by atoms with Crippen molar-refractivity contribution in [3.8, 4) is 5.88 Å². The number of hydrogen-bond acceptors (Lipinski definition) is 5. The first-order valence-electron chi connectivity index (χ1n) is 8.22. The summed E-state index contributed by atoms with van der Waals surface area (Å²) in [5.74, 6) is -0.771. The molecule has 0 saturated carbocycles. The Morgan fingerprint density at radius 3 is 2.68 bits per heavy atom. The van der Waals surface area contributed by atoms with Gasteiger partial charge in [0.25, 0.3) is 5.91 Å². The van der Waals surface area contributed by atoms with Gasteiger partial charge in [-0.3, -0.25) is 9.59 Å². The number of nitrogens with one attached hydrogen (secondary N) is 1. The van der Waals surface area contributed by atoms with Crippen LogP contribution in [0.15, 0.2) is 12.3 Å². The van der Waals surface area contributed by atoms with Crippen LogP contribution in [0.25, 0.3) is 0 Å². The lowest BCUT2D eigenvalue weighted by atomic mass is 9.86. The monoisotopic (exact) mass is 370 g/mol. The van der Waals surface area contributed by atoms with Crippen LogP contribution < -0.4 is 10.1 Å². The van der Waals surface area contributed by atoms with E-state index in [4.69, 9.17) is 26.2 Å². The summed E-state index contributed by atoms with van der Waals surface area (Å²) in [5.41, 5.74) is -0.557. The van der Waals surface area contributed by atoms with Gasteiger partial charge in [0.05, 0.1) is 24.1 Å². The molecule has 138 valence electrons. The number of carbonyl (C=O) groups excluding carboxylic acids is 1. The highest BCUT2D eigenvalue weighted by molar-refractivity contribution is 6.32. The molecule has 0 aliphatic carbocycles. The molecule has 2 heterocycles. The second-order valence-corrected chi connectivity index (χ2v) is 7.04. The number of nitrogens with zero attached hydrogens (tertiary/aromatic N) is 1. The van der Waals surface area contributed by atoms with E-state index in [1.54, 1.807) is 0 Å². The molecule has 2 N–H and O–H groups in total. The minimum atomic E-state index is -0.962. The molecule has 1 fully saturated rings. The molecular weight excluding hydrogens is 348 g/mol. The van der Waals surface area contributed by atoms with Crippen LogP contribution in [-0.2, 0) is 9.53 Å². The van der Waals surface area contributed by atoms with Crippen molar-refractivity contribution in [1.82, 2.24) is 10.3 Å². The van der Waals surface area contributed by atoms with Crippen molar-refractivity contribution in [3.05, 3.63) is 22.8 Å². The summed E-state index contributed by atoms with van der Waals surface area (Å²) >= 11 is 6.14. The van der Waals surface area contributed by atoms with E-state index in [1.165, 1.54) is 12.3 Å². The molecule has 1 amide bonds. The molecule has 25 heavy (non-hydrogen) atoms. The van der Waals surface area contributed by atoms with Crippen molar-refractivity contribution >= 4 is 23.5 Å². The third kappa shape index (κ3) is 5.57. The highest BCUT2D eigenvalue weighted by Gasteiger charge is 2.36. The zero-order valence-corrected chi connectivity index (χ0v) is 15.1. The van der Waals surface area contributed by atoms with E-state index in [1.807, 2.05) is 13.8 Å². The van der Waals surface area contributed by atoms with E-state index in [-0.39, 0.29) is 22.9 Å². The molecule has 0 bridgehead atoms. The normalized spacial score (nSPS) is 16.5. The molecule has 2 rings (SSSR count). The van der Waals surface area contributed by atoms with E-state index in [9.17, 15) is 9.59 Å². The summed E-state index contributed by atoms with van der Waals surface area (Å²) in [7, 11) is 0.